The van der Waals surface area contributed by atoms with Gasteiger partial charge in [0.05, 0.1) is 13.2 Å². The Hall–Kier alpha value is -1.35. The van der Waals surface area contributed by atoms with Crippen LogP contribution >= 0.6 is 0 Å². The highest BCUT2D eigenvalue weighted by atomic mass is 16.3. The molecule has 1 aromatic rings. The average molecular weight is 165 g/mol. The van der Waals surface area contributed by atoms with E-state index >= 15 is 0 Å². The molecule has 0 aliphatic heterocycles. The summed E-state index contributed by atoms with van der Waals surface area (Å²) < 4.78 is 0. The summed E-state index contributed by atoms with van der Waals surface area (Å²) in [4.78, 5) is 3.93. The van der Waals surface area contributed by atoms with Crippen LogP contribution in [0.1, 0.15) is 5.56 Å². The number of phenols is 1. The number of phenolic OH excluding ortho intramolecular Hbond substituents is 1. The molecular weight excluding hydrogens is 154 g/mol. The van der Waals surface area contributed by atoms with Gasteiger partial charge in [0, 0.05) is 6.21 Å². The maximum absolute atomic E-state index is 8.94. The highest BCUT2D eigenvalue weighted by Crippen LogP contribution is 2.07. The van der Waals surface area contributed by atoms with Gasteiger partial charge in [-0.25, -0.2) is 0 Å². The summed E-state index contributed by atoms with van der Waals surface area (Å²) in [5.41, 5.74) is 0.918. The zero-order chi connectivity index (χ0) is 8.81. The minimum atomic E-state index is 0.0641. The number of benzene rings is 1. The SMILES string of the molecule is OCC/N=C/c1ccc(O)cc1. The van der Waals surface area contributed by atoms with Crippen LogP contribution in [0.2, 0.25) is 0 Å². The maximum atomic E-state index is 8.94. The topological polar surface area (TPSA) is 52.8 Å². The summed E-state index contributed by atoms with van der Waals surface area (Å²) in [6.07, 6.45) is 1.66. The Balaban J connectivity index is 2.58. The van der Waals surface area contributed by atoms with Crippen molar-refractivity contribution in [3.05, 3.63) is 29.8 Å². The summed E-state index contributed by atoms with van der Waals surface area (Å²) in [7, 11) is 0. The van der Waals surface area contributed by atoms with Crippen LogP contribution in [0.25, 0.3) is 0 Å². The normalized spacial score (nSPS) is 10.8. The number of aliphatic hydroxyl groups excluding tert-OH is 1. The number of aliphatic imine (C=N–C) groups is 1. The Labute approximate surface area is 71.0 Å². The van der Waals surface area contributed by atoms with Gasteiger partial charge in [0.1, 0.15) is 5.75 Å². The van der Waals surface area contributed by atoms with Crippen molar-refractivity contribution in [3.63, 3.8) is 0 Å². The predicted molar refractivity (Wildman–Crippen MR) is 47.7 cm³/mol. The molecule has 0 amide bonds. The molecule has 0 fully saturated rings. The van der Waals surface area contributed by atoms with Crippen molar-refractivity contribution >= 4 is 6.21 Å². The second-order valence-corrected chi connectivity index (χ2v) is 2.35. The smallest absolute Gasteiger partial charge is 0.115 e. The summed E-state index contributed by atoms with van der Waals surface area (Å²) in [5.74, 6) is 0.245. The Morgan fingerprint density at radius 1 is 1.25 bits per heavy atom. The Morgan fingerprint density at radius 2 is 1.92 bits per heavy atom. The number of rotatable bonds is 3. The van der Waals surface area contributed by atoms with Crippen LogP contribution in [-0.4, -0.2) is 29.6 Å². The van der Waals surface area contributed by atoms with E-state index in [-0.39, 0.29) is 12.4 Å². The highest BCUT2D eigenvalue weighted by Gasteiger charge is 1.87. The number of nitrogens with zero attached hydrogens (tertiary/aromatic N) is 1. The minimum absolute atomic E-state index is 0.0641. The molecule has 0 aliphatic rings. The lowest BCUT2D eigenvalue weighted by atomic mass is 10.2. The van der Waals surface area contributed by atoms with Gasteiger partial charge in [0.15, 0.2) is 0 Å². The van der Waals surface area contributed by atoms with Gasteiger partial charge in [-0.3, -0.25) is 4.99 Å². The first-order valence-corrected chi connectivity index (χ1v) is 3.72. The molecule has 3 heteroatoms. The molecule has 0 saturated carbocycles. The second kappa shape index (κ2) is 4.51. The fourth-order valence-electron chi connectivity index (χ4n) is 0.788. The molecule has 12 heavy (non-hydrogen) atoms. The summed E-state index contributed by atoms with van der Waals surface area (Å²) in [6, 6.07) is 6.72. The number of hydrogen-bond acceptors (Lipinski definition) is 3. The average Bonchev–Trinajstić information content (AvgIpc) is 2.09. The minimum Gasteiger partial charge on any atom is -0.508 e. The van der Waals surface area contributed by atoms with Gasteiger partial charge in [-0.2, -0.15) is 0 Å². The molecule has 0 atom stereocenters. The quantitative estimate of drug-likeness (QED) is 0.651. The van der Waals surface area contributed by atoms with E-state index in [0.29, 0.717) is 6.54 Å². The van der Waals surface area contributed by atoms with E-state index in [4.69, 9.17) is 10.2 Å². The number of aliphatic hydroxyl groups is 1. The molecule has 0 saturated heterocycles. The third-order valence-corrected chi connectivity index (χ3v) is 1.36. The van der Waals surface area contributed by atoms with Gasteiger partial charge < -0.3 is 10.2 Å². The monoisotopic (exact) mass is 165 g/mol. The molecule has 0 bridgehead atoms. The maximum Gasteiger partial charge on any atom is 0.115 e. The largest absolute Gasteiger partial charge is 0.508 e. The zero-order valence-corrected chi connectivity index (χ0v) is 6.64. The first kappa shape index (κ1) is 8.74. The van der Waals surface area contributed by atoms with Crippen molar-refractivity contribution in [3.8, 4) is 5.75 Å². The van der Waals surface area contributed by atoms with Gasteiger partial charge in [-0.05, 0) is 29.8 Å². The van der Waals surface area contributed by atoms with E-state index < -0.39 is 0 Å². The number of hydrogen-bond donors (Lipinski definition) is 2. The Bertz CT molecular complexity index is 254. The van der Waals surface area contributed by atoms with Crippen molar-refractivity contribution in [2.24, 2.45) is 4.99 Å². The lowest BCUT2D eigenvalue weighted by molar-refractivity contribution is 0.307. The summed E-state index contributed by atoms with van der Waals surface area (Å²) >= 11 is 0. The third kappa shape index (κ3) is 2.72. The van der Waals surface area contributed by atoms with Gasteiger partial charge in [0.25, 0.3) is 0 Å². The van der Waals surface area contributed by atoms with E-state index in [0.717, 1.165) is 5.56 Å². The lowest BCUT2D eigenvalue weighted by Gasteiger charge is -1.92. The second-order valence-electron chi connectivity index (χ2n) is 2.35. The molecule has 0 heterocycles. The Kier molecular flexibility index (Phi) is 3.29. The molecule has 1 rings (SSSR count). The zero-order valence-electron chi connectivity index (χ0n) is 6.64. The van der Waals surface area contributed by atoms with Crippen molar-refractivity contribution < 1.29 is 10.2 Å². The summed E-state index contributed by atoms with van der Waals surface area (Å²) in [6.45, 7) is 0.482. The van der Waals surface area contributed by atoms with E-state index in [1.54, 1.807) is 30.5 Å². The lowest BCUT2D eigenvalue weighted by Crippen LogP contribution is -1.88. The van der Waals surface area contributed by atoms with Crippen LogP contribution < -0.4 is 0 Å². The van der Waals surface area contributed by atoms with Crippen LogP contribution in [0.3, 0.4) is 0 Å². The van der Waals surface area contributed by atoms with Gasteiger partial charge >= 0.3 is 0 Å². The predicted octanol–water partition coefficient (Wildman–Crippen LogP) is 0.803. The highest BCUT2D eigenvalue weighted by molar-refractivity contribution is 5.79. The van der Waals surface area contributed by atoms with Crippen LogP contribution in [0.15, 0.2) is 29.3 Å². The van der Waals surface area contributed by atoms with E-state index in [9.17, 15) is 0 Å². The van der Waals surface area contributed by atoms with Crippen LogP contribution in [0.5, 0.6) is 5.75 Å². The third-order valence-electron chi connectivity index (χ3n) is 1.36. The van der Waals surface area contributed by atoms with Crippen molar-refractivity contribution in [2.45, 2.75) is 0 Å². The van der Waals surface area contributed by atoms with E-state index in [1.807, 2.05) is 0 Å². The van der Waals surface area contributed by atoms with E-state index in [2.05, 4.69) is 4.99 Å². The molecule has 2 N–H and O–H groups in total. The van der Waals surface area contributed by atoms with Crippen molar-refractivity contribution in [2.75, 3.05) is 13.2 Å². The van der Waals surface area contributed by atoms with E-state index in [1.165, 1.54) is 0 Å². The van der Waals surface area contributed by atoms with Gasteiger partial charge in [0.2, 0.25) is 0 Å². The molecule has 0 aliphatic carbocycles. The van der Waals surface area contributed by atoms with Crippen LogP contribution in [0, 0.1) is 0 Å². The molecule has 0 aromatic heterocycles. The fraction of sp³-hybridized carbons (Fsp3) is 0.222. The Morgan fingerprint density at radius 3 is 2.50 bits per heavy atom. The van der Waals surface area contributed by atoms with Crippen molar-refractivity contribution in [1.29, 1.82) is 0 Å². The molecule has 64 valence electrons. The molecule has 0 unspecified atom stereocenters. The number of aromatic hydroxyl groups is 1. The van der Waals surface area contributed by atoms with Crippen molar-refractivity contribution in [1.82, 2.24) is 0 Å². The molecule has 0 radical (unpaired) electrons. The molecular formula is C9H11NO2. The van der Waals surface area contributed by atoms with Gasteiger partial charge in [-0.1, -0.05) is 0 Å². The molecule has 1 aromatic carbocycles. The summed E-state index contributed by atoms with van der Waals surface area (Å²) in [5, 5.41) is 17.4. The first-order valence-electron chi connectivity index (χ1n) is 3.72. The standard InChI is InChI=1S/C9H11NO2/c11-6-5-10-7-8-1-3-9(12)4-2-8/h1-4,7,11-12H,5-6H2/b10-7+. The van der Waals surface area contributed by atoms with Crippen LogP contribution in [-0.2, 0) is 0 Å². The van der Waals surface area contributed by atoms with Gasteiger partial charge in [-0.15, -0.1) is 0 Å². The first-order chi connectivity index (χ1) is 5.83. The molecule has 0 spiro atoms. The molecule has 3 nitrogen and oxygen atoms in total. The van der Waals surface area contributed by atoms with Crippen LogP contribution in [0.4, 0.5) is 0 Å². The fourth-order valence-corrected chi connectivity index (χ4v) is 0.788.